The Kier molecular flexibility index (Phi) is 3.31. The van der Waals surface area contributed by atoms with Crippen molar-refractivity contribution < 1.29 is 0 Å². The lowest BCUT2D eigenvalue weighted by Gasteiger charge is -2.00. The fraction of sp³-hybridized carbons (Fsp3) is 0. The maximum atomic E-state index is 4.73. The van der Waals surface area contributed by atoms with Crippen LogP contribution in [0.5, 0.6) is 0 Å². The third-order valence-electron chi connectivity index (χ3n) is 4.27. The minimum absolute atomic E-state index is 0.718. The van der Waals surface area contributed by atoms with E-state index >= 15 is 0 Å². The van der Waals surface area contributed by atoms with Crippen molar-refractivity contribution in [3.05, 3.63) is 73.1 Å². The highest BCUT2D eigenvalue weighted by Crippen LogP contribution is 2.27. The van der Waals surface area contributed by atoms with Gasteiger partial charge in [-0.05, 0) is 12.1 Å². The molecule has 0 aliphatic heterocycles. The molecule has 0 saturated heterocycles. The van der Waals surface area contributed by atoms with Crippen molar-refractivity contribution in [3.63, 3.8) is 0 Å². The van der Waals surface area contributed by atoms with Gasteiger partial charge < -0.3 is 0 Å². The Morgan fingerprint density at radius 2 is 1.50 bits per heavy atom. The molecule has 26 heavy (non-hydrogen) atoms. The van der Waals surface area contributed by atoms with E-state index in [4.69, 9.17) is 4.98 Å². The third-order valence-corrected chi connectivity index (χ3v) is 4.27. The molecule has 2 N–H and O–H groups in total. The topological polar surface area (TPSA) is 83.1 Å². The van der Waals surface area contributed by atoms with Gasteiger partial charge >= 0.3 is 0 Å². The Hall–Kier alpha value is -3.80. The fourth-order valence-electron chi connectivity index (χ4n) is 2.98. The molecule has 6 heteroatoms. The second-order valence-electron chi connectivity index (χ2n) is 5.94. The second kappa shape index (κ2) is 5.93. The number of H-pyrrole nitrogens is 2. The van der Waals surface area contributed by atoms with Gasteiger partial charge in [-0.2, -0.15) is 10.2 Å². The second-order valence-corrected chi connectivity index (χ2v) is 5.94. The van der Waals surface area contributed by atoms with Gasteiger partial charge in [-0.15, -0.1) is 0 Å². The smallest absolute Gasteiger partial charge is 0.120 e. The Balaban J connectivity index is 1.56. The maximum absolute atomic E-state index is 4.73. The summed E-state index contributed by atoms with van der Waals surface area (Å²) in [5.41, 5.74) is 5.95. The molecule has 0 amide bonds. The summed E-state index contributed by atoms with van der Waals surface area (Å²) in [4.78, 5) is 9.07. The average Bonchev–Trinajstić information content (AvgIpc) is 3.36. The summed E-state index contributed by atoms with van der Waals surface area (Å²) in [5, 5.41) is 15.9. The number of rotatable bonds is 3. The SMILES string of the molecule is c1ccc(-c2cc(-c3cncc(-c4n[nH]c5ccccc45)n3)[nH]n2)cc1. The van der Waals surface area contributed by atoms with Crippen molar-refractivity contribution in [1.82, 2.24) is 30.4 Å². The molecule has 0 unspecified atom stereocenters. The van der Waals surface area contributed by atoms with E-state index in [0.29, 0.717) is 0 Å². The molecule has 5 aromatic rings. The van der Waals surface area contributed by atoms with Crippen molar-refractivity contribution in [2.75, 3.05) is 0 Å². The number of benzene rings is 2. The zero-order chi connectivity index (χ0) is 17.3. The van der Waals surface area contributed by atoms with Crippen molar-refractivity contribution in [2.24, 2.45) is 0 Å². The lowest BCUT2D eigenvalue weighted by molar-refractivity contribution is 1.07. The molecule has 0 radical (unpaired) electrons. The summed E-state index contributed by atoms with van der Waals surface area (Å²) in [6.07, 6.45) is 3.45. The van der Waals surface area contributed by atoms with E-state index in [-0.39, 0.29) is 0 Å². The van der Waals surface area contributed by atoms with Gasteiger partial charge in [0.1, 0.15) is 17.1 Å². The lowest BCUT2D eigenvalue weighted by atomic mass is 10.1. The molecule has 3 aromatic heterocycles. The minimum Gasteiger partial charge on any atom is -0.277 e. The Morgan fingerprint density at radius 3 is 2.42 bits per heavy atom. The predicted octanol–water partition coefficient (Wildman–Crippen LogP) is 4.08. The van der Waals surface area contributed by atoms with Gasteiger partial charge in [0, 0.05) is 10.9 Å². The highest BCUT2D eigenvalue weighted by molar-refractivity contribution is 5.91. The molecular formula is C20H14N6. The number of para-hydroxylation sites is 1. The first-order chi connectivity index (χ1) is 12.9. The molecule has 6 nitrogen and oxygen atoms in total. The quantitative estimate of drug-likeness (QED) is 0.519. The van der Waals surface area contributed by atoms with Crippen LogP contribution in [-0.4, -0.2) is 30.4 Å². The van der Waals surface area contributed by atoms with Crippen LogP contribution in [0.4, 0.5) is 0 Å². The molecule has 0 atom stereocenters. The molecule has 0 aliphatic carbocycles. The van der Waals surface area contributed by atoms with Gasteiger partial charge in [-0.1, -0.05) is 48.5 Å². The van der Waals surface area contributed by atoms with Crippen molar-refractivity contribution in [2.45, 2.75) is 0 Å². The van der Waals surface area contributed by atoms with Gasteiger partial charge in [0.2, 0.25) is 0 Å². The van der Waals surface area contributed by atoms with Gasteiger partial charge in [-0.3, -0.25) is 15.2 Å². The standard InChI is InChI=1S/C20H14N6/c1-2-6-13(7-3-1)16-10-17(25-24-16)18-11-21-12-19(22-18)20-14-8-4-5-9-15(14)23-26-20/h1-12H,(H,23,26)(H,24,25). The van der Waals surface area contributed by atoms with E-state index in [0.717, 1.165) is 44.9 Å². The monoisotopic (exact) mass is 338 g/mol. The van der Waals surface area contributed by atoms with Crippen LogP contribution in [0, 0.1) is 0 Å². The first-order valence-electron chi connectivity index (χ1n) is 8.25. The van der Waals surface area contributed by atoms with E-state index in [1.807, 2.05) is 60.7 Å². The molecule has 0 bridgehead atoms. The van der Waals surface area contributed by atoms with Gasteiger partial charge in [-0.25, -0.2) is 4.98 Å². The van der Waals surface area contributed by atoms with Crippen LogP contribution in [0.2, 0.25) is 0 Å². The molecular weight excluding hydrogens is 324 g/mol. The van der Waals surface area contributed by atoms with Crippen LogP contribution in [-0.2, 0) is 0 Å². The third kappa shape index (κ3) is 2.44. The van der Waals surface area contributed by atoms with Crippen LogP contribution in [0.1, 0.15) is 0 Å². The molecule has 0 spiro atoms. The summed E-state index contributed by atoms with van der Waals surface area (Å²) in [6.45, 7) is 0. The lowest BCUT2D eigenvalue weighted by Crippen LogP contribution is -1.91. The number of nitrogens with one attached hydrogen (secondary N) is 2. The zero-order valence-electron chi connectivity index (χ0n) is 13.7. The number of aromatic amines is 2. The van der Waals surface area contributed by atoms with E-state index in [2.05, 4.69) is 25.4 Å². The van der Waals surface area contributed by atoms with Crippen LogP contribution in [0.3, 0.4) is 0 Å². The van der Waals surface area contributed by atoms with E-state index < -0.39 is 0 Å². The first-order valence-corrected chi connectivity index (χ1v) is 8.25. The number of nitrogens with zero attached hydrogens (tertiary/aromatic N) is 4. The summed E-state index contributed by atoms with van der Waals surface area (Å²) < 4.78 is 0. The average molecular weight is 338 g/mol. The molecule has 2 aromatic carbocycles. The van der Waals surface area contributed by atoms with E-state index in [1.54, 1.807) is 12.4 Å². The van der Waals surface area contributed by atoms with Crippen molar-refractivity contribution in [1.29, 1.82) is 0 Å². The normalized spacial score (nSPS) is 11.1. The first kappa shape index (κ1) is 14.5. The summed E-state index contributed by atoms with van der Waals surface area (Å²) in [6, 6.07) is 20.0. The van der Waals surface area contributed by atoms with Crippen LogP contribution >= 0.6 is 0 Å². The minimum atomic E-state index is 0.718. The largest absolute Gasteiger partial charge is 0.277 e. The van der Waals surface area contributed by atoms with E-state index in [9.17, 15) is 0 Å². The molecule has 5 rings (SSSR count). The summed E-state index contributed by atoms with van der Waals surface area (Å²) >= 11 is 0. The summed E-state index contributed by atoms with van der Waals surface area (Å²) in [5.74, 6) is 0. The van der Waals surface area contributed by atoms with Crippen molar-refractivity contribution >= 4 is 10.9 Å². The molecule has 0 aliphatic rings. The molecule has 3 heterocycles. The van der Waals surface area contributed by atoms with Crippen LogP contribution < -0.4 is 0 Å². The maximum Gasteiger partial charge on any atom is 0.120 e. The van der Waals surface area contributed by atoms with Gasteiger partial charge in [0.15, 0.2) is 0 Å². The number of fused-ring (bicyclic) bond motifs is 1. The Morgan fingerprint density at radius 1 is 0.692 bits per heavy atom. The Bertz CT molecular complexity index is 1190. The van der Waals surface area contributed by atoms with Gasteiger partial charge in [0.05, 0.1) is 29.3 Å². The number of hydrogen-bond acceptors (Lipinski definition) is 4. The summed E-state index contributed by atoms with van der Waals surface area (Å²) in [7, 11) is 0. The van der Waals surface area contributed by atoms with Gasteiger partial charge in [0.25, 0.3) is 0 Å². The predicted molar refractivity (Wildman–Crippen MR) is 100 cm³/mol. The molecule has 0 saturated carbocycles. The Labute approximate surface area is 149 Å². The van der Waals surface area contributed by atoms with E-state index in [1.165, 1.54) is 0 Å². The van der Waals surface area contributed by atoms with Crippen LogP contribution in [0.15, 0.2) is 73.1 Å². The molecule has 0 fully saturated rings. The van der Waals surface area contributed by atoms with Crippen LogP contribution in [0.25, 0.3) is 44.9 Å². The van der Waals surface area contributed by atoms with Crippen molar-refractivity contribution in [3.8, 4) is 34.0 Å². The highest BCUT2D eigenvalue weighted by Gasteiger charge is 2.12. The number of hydrogen-bond donors (Lipinski definition) is 2. The number of aromatic nitrogens is 6. The fourth-order valence-corrected chi connectivity index (χ4v) is 2.98. The highest BCUT2D eigenvalue weighted by atomic mass is 15.1. The zero-order valence-corrected chi connectivity index (χ0v) is 13.7. The molecule has 124 valence electrons.